The number of benzene rings is 1. The number of rotatable bonds is 6. The second-order valence-corrected chi connectivity index (χ2v) is 4.07. The summed E-state index contributed by atoms with van der Waals surface area (Å²) in [5.41, 5.74) is 1.06. The summed E-state index contributed by atoms with van der Waals surface area (Å²) in [5.74, 6) is 0.796. The molecule has 0 aromatic heterocycles. The van der Waals surface area contributed by atoms with Crippen molar-refractivity contribution in [2.75, 3.05) is 27.4 Å². The highest BCUT2D eigenvalue weighted by Crippen LogP contribution is 2.23. The van der Waals surface area contributed by atoms with E-state index in [9.17, 15) is 4.79 Å². The smallest absolute Gasteiger partial charge is 0.249 e. The fourth-order valence-corrected chi connectivity index (χ4v) is 1.95. The molecule has 4 nitrogen and oxygen atoms in total. The summed E-state index contributed by atoms with van der Waals surface area (Å²) in [6.07, 6.45) is 0. The van der Waals surface area contributed by atoms with Gasteiger partial charge in [0.15, 0.2) is 0 Å². The normalized spacial score (nSPS) is 12.0. The summed E-state index contributed by atoms with van der Waals surface area (Å²) in [6, 6.07) is 7.78. The Kier molecular flexibility index (Phi) is 5.65. The zero-order valence-electron chi connectivity index (χ0n) is 11.5. The van der Waals surface area contributed by atoms with Crippen LogP contribution in [0.4, 0.5) is 0 Å². The van der Waals surface area contributed by atoms with Gasteiger partial charge in [0, 0.05) is 13.7 Å². The van der Waals surface area contributed by atoms with Gasteiger partial charge in [-0.3, -0.25) is 4.79 Å². The van der Waals surface area contributed by atoms with Crippen molar-refractivity contribution in [3.63, 3.8) is 0 Å². The topological polar surface area (TPSA) is 38.8 Å². The summed E-state index contributed by atoms with van der Waals surface area (Å²) in [5, 5.41) is 0. The molecule has 0 bridgehead atoms. The summed E-state index contributed by atoms with van der Waals surface area (Å²) in [4.78, 5) is 13.7. The Morgan fingerprint density at radius 3 is 2.67 bits per heavy atom. The third-order valence-electron chi connectivity index (χ3n) is 2.97. The number of amides is 1. The molecule has 0 fully saturated rings. The van der Waals surface area contributed by atoms with E-state index in [2.05, 4.69) is 0 Å². The van der Waals surface area contributed by atoms with E-state index in [0.717, 1.165) is 11.3 Å². The number of likely N-dealkylation sites (N-methyl/N-ethyl adjacent to an activating group) is 1. The summed E-state index contributed by atoms with van der Waals surface area (Å²) in [7, 11) is 3.17. The second kappa shape index (κ2) is 7.01. The van der Waals surface area contributed by atoms with Gasteiger partial charge in [-0.25, -0.2) is 0 Å². The molecule has 0 radical (unpaired) electrons. The Balaban J connectivity index is 2.88. The van der Waals surface area contributed by atoms with E-state index in [4.69, 9.17) is 9.47 Å². The molecule has 0 heterocycles. The molecule has 100 valence electrons. The molecule has 0 aliphatic heterocycles. The van der Waals surface area contributed by atoms with Crippen LogP contribution in [-0.4, -0.2) is 38.2 Å². The molecule has 1 rings (SSSR count). The number of hydrogen-bond donors (Lipinski definition) is 0. The summed E-state index contributed by atoms with van der Waals surface area (Å²) < 4.78 is 10.1. The van der Waals surface area contributed by atoms with Gasteiger partial charge in [-0.1, -0.05) is 12.1 Å². The first-order chi connectivity index (χ1) is 8.63. The highest BCUT2D eigenvalue weighted by atomic mass is 16.5. The van der Waals surface area contributed by atoms with Gasteiger partial charge in [0.1, 0.15) is 12.4 Å². The summed E-state index contributed by atoms with van der Waals surface area (Å²) in [6.45, 7) is 4.73. The molecule has 1 unspecified atom stereocenters. The van der Waals surface area contributed by atoms with E-state index in [1.54, 1.807) is 12.0 Å². The fourth-order valence-electron chi connectivity index (χ4n) is 1.95. The molecule has 0 saturated heterocycles. The van der Waals surface area contributed by atoms with Crippen LogP contribution >= 0.6 is 0 Å². The summed E-state index contributed by atoms with van der Waals surface area (Å²) >= 11 is 0. The molecule has 0 aliphatic carbocycles. The van der Waals surface area contributed by atoms with Gasteiger partial charge in [0.25, 0.3) is 0 Å². The molecular formula is C14H21NO3. The van der Waals surface area contributed by atoms with Gasteiger partial charge in [-0.15, -0.1) is 0 Å². The van der Waals surface area contributed by atoms with E-state index in [1.807, 2.05) is 38.1 Å². The number of ether oxygens (including phenoxy) is 2. The molecule has 0 aliphatic rings. The van der Waals surface area contributed by atoms with Crippen LogP contribution < -0.4 is 4.74 Å². The maximum absolute atomic E-state index is 11.9. The average Bonchev–Trinajstić information content (AvgIpc) is 2.40. The largest absolute Gasteiger partial charge is 0.497 e. The molecule has 4 heteroatoms. The first-order valence-electron chi connectivity index (χ1n) is 6.06. The molecule has 18 heavy (non-hydrogen) atoms. The molecule has 1 aromatic rings. The number of carbonyl (C=O) groups excluding carboxylic acids is 1. The Hall–Kier alpha value is -1.55. The van der Waals surface area contributed by atoms with Gasteiger partial charge in [0.05, 0.1) is 13.2 Å². The zero-order valence-corrected chi connectivity index (χ0v) is 11.5. The van der Waals surface area contributed by atoms with Crippen LogP contribution in [0.2, 0.25) is 0 Å². The van der Waals surface area contributed by atoms with Crippen LogP contribution in [-0.2, 0) is 9.53 Å². The Morgan fingerprint density at radius 2 is 2.11 bits per heavy atom. The molecular weight excluding hydrogens is 230 g/mol. The van der Waals surface area contributed by atoms with Crippen LogP contribution in [0.15, 0.2) is 24.3 Å². The van der Waals surface area contributed by atoms with E-state index in [-0.39, 0.29) is 18.6 Å². The van der Waals surface area contributed by atoms with Gasteiger partial charge in [-0.2, -0.15) is 0 Å². The van der Waals surface area contributed by atoms with E-state index >= 15 is 0 Å². The van der Waals surface area contributed by atoms with Crippen LogP contribution in [0.3, 0.4) is 0 Å². The monoisotopic (exact) mass is 251 g/mol. The third-order valence-corrected chi connectivity index (χ3v) is 2.97. The highest BCUT2D eigenvalue weighted by molar-refractivity contribution is 5.77. The molecule has 0 spiro atoms. The minimum Gasteiger partial charge on any atom is -0.497 e. The first kappa shape index (κ1) is 14.5. The molecule has 1 atom stereocenters. The molecule has 1 amide bonds. The van der Waals surface area contributed by atoms with Crippen molar-refractivity contribution in [1.82, 2.24) is 4.90 Å². The fraction of sp³-hybridized carbons (Fsp3) is 0.500. The maximum Gasteiger partial charge on any atom is 0.249 e. The van der Waals surface area contributed by atoms with Crippen molar-refractivity contribution in [2.24, 2.45) is 0 Å². The molecule has 1 aromatic carbocycles. The van der Waals surface area contributed by atoms with Gasteiger partial charge < -0.3 is 14.4 Å². The highest BCUT2D eigenvalue weighted by Gasteiger charge is 2.19. The van der Waals surface area contributed by atoms with Crippen molar-refractivity contribution >= 4 is 5.91 Å². The lowest BCUT2D eigenvalue weighted by atomic mass is 10.1. The van der Waals surface area contributed by atoms with Gasteiger partial charge >= 0.3 is 0 Å². The van der Waals surface area contributed by atoms with Crippen LogP contribution in [0.25, 0.3) is 0 Å². The minimum atomic E-state index is -0.00433. The lowest BCUT2D eigenvalue weighted by Gasteiger charge is -2.28. The number of methoxy groups -OCH3 is 2. The van der Waals surface area contributed by atoms with E-state index < -0.39 is 0 Å². The number of hydrogen-bond acceptors (Lipinski definition) is 3. The van der Waals surface area contributed by atoms with Crippen LogP contribution in [0.5, 0.6) is 5.75 Å². The van der Waals surface area contributed by atoms with Crippen LogP contribution in [0, 0.1) is 0 Å². The second-order valence-electron chi connectivity index (χ2n) is 4.07. The lowest BCUT2D eigenvalue weighted by Crippen LogP contribution is -2.35. The van der Waals surface area contributed by atoms with Crippen molar-refractivity contribution in [3.8, 4) is 5.75 Å². The SMILES string of the molecule is CCN(C(=O)COC)C(C)c1cccc(OC)c1. The minimum absolute atomic E-state index is 0.00433. The van der Waals surface area contributed by atoms with Crippen molar-refractivity contribution in [1.29, 1.82) is 0 Å². The molecule has 0 N–H and O–H groups in total. The third kappa shape index (κ3) is 3.47. The van der Waals surface area contributed by atoms with Crippen LogP contribution in [0.1, 0.15) is 25.5 Å². The standard InChI is InChI=1S/C14H21NO3/c1-5-15(14(16)10-17-3)11(2)12-7-6-8-13(9-12)18-4/h6-9,11H,5,10H2,1-4H3. The number of nitrogens with zero attached hydrogens (tertiary/aromatic N) is 1. The molecule has 0 saturated carbocycles. The Labute approximate surface area is 108 Å². The van der Waals surface area contributed by atoms with E-state index in [0.29, 0.717) is 6.54 Å². The first-order valence-corrected chi connectivity index (χ1v) is 6.06. The number of carbonyl (C=O) groups is 1. The lowest BCUT2D eigenvalue weighted by molar-refractivity contribution is -0.137. The predicted octanol–water partition coefficient (Wildman–Crippen LogP) is 2.25. The Bertz CT molecular complexity index is 392. The maximum atomic E-state index is 11.9. The van der Waals surface area contributed by atoms with Crippen molar-refractivity contribution in [3.05, 3.63) is 29.8 Å². The zero-order chi connectivity index (χ0) is 13.5. The quantitative estimate of drug-likeness (QED) is 0.778. The van der Waals surface area contributed by atoms with Crippen molar-refractivity contribution < 1.29 is 14.3 Å². The average molecular weight is 251 g/mol. The van der Waals surface area contributed by atoms with Crippen molar-refractivity contribution in [2.45, 2.75) is 19.9 Å². The Morgan fingerprint density at radius 1 is 1.39 bits per heavy atom. The van der Waals surface area contributed by atoms with Gasteiger partial charge in [0.2, 0.25) is 5.91 Å². The van der Waals surface area contributed by atoms with E-state index in [1.165, 1.54) is 7.11 Å². The predicted molar refractivity (Wildman–Crippen MR) is 70.7 cm³/mol. The van der Waals surface area contributed by atoms with Gasteiger partial charge in [-0.05, 0) is 31.5 Å².